The molecule has 0 unspecified atom stereocenters. The zero-order valence-corrected chi connectivity index (χ0v) is 11.6. The molecule has 0 bridgehead atoms. The van der Waals surface area contributed by atoms with E-state index in [1.54, 1.807) is 0 Å². The van der Waals surface area contributed by atoms with Crippen LogP contribution in [0.15, 0.2) is 49.1 Å². The quantitative estimate of drug-likeness (QED) is 0.616. The zero-order chi connectivity index (χ0) is 14.6. The highest BCUT2D eigenvalue weighted by Gasteiger charge is 2.16. The standard InChI is InChI=1S/C17H20O2/c1-11(2)9-14-7-6-8-15(10-12(3)4)16(14)13(5)17(18)19/h6-8H,1,3,5,9-10H2,2,4H3,(H,18,19). The van der Waals surface area contributed by atoms with E-state index in [1.165, 1.54) is 0 Å². The van der Waals surface area contributed by atoms with Crippen LogP contribution in [-0.2, 0) is 17.6 Å². The van der Waals surface area contributed by atoms with Crippen LogP contribution in [0.25, 0.3) is 5.57 Å². The third-order valence-electron chi connectivity index (χ3n) is 2.78. The topological polar surface area (TPSA) is 37.3 Å². The molecule has 1 aromatic rings. The fourth-order valence-corrected chi connectivity index (χ4v) is 2.09. The summed E-state index contributed by atoms with van der Waals surface area (Å²) in [5, 5.41) is 9.21. The number of allylic oxidation sites excluding steroid dienone is 2. The van der Waals surface area contributed by atoms with Crippen LogP contribution in [0.1, 0.15) is 30.5 Å². The first kappa shape index (κ1) is 15.0. The van der Waals surface area contributed by atoms with Crippen LogP contribution in [-0.4, -0.2) is 11.1 Å². The molecule has 0 aliphatic carbocycles. The van der Waals surface area contributed by atoms with Crippen molar-refractivity contribution in [3.05, 3.63) is 65.8 Å². The number of benzene rings is 1. The molecule has 0 fully saturated rings. The summed E-state index contributed by atoms with van der Waals surface area (Å²) in [6.45, 7) is 15.3. The van der Waals surface area contributed by atoms with Crippen molar-refractivity contribution in [1.82, 2.24) is 0 Å². The van der Waals surface area contributed by atoms with Crippen LogP contribution in [0, 0.1) is 0 Å². The Morgan fingerprint density at radius 2 is 1.47 bits per heavy atom. The van der Waals surface area contributed by atoms with E-state index in [0.29, 0.717) is 12.8 Å². The number of carbonyl (C=O) groups is 1. The third-order valence-corrected chi connectivity index (χ3v) is 2.78. The molecule has 0 heterocycles. The molecule has 2 heteroatoms. The number of aliphatic carboxylic acids is 1. The molecule has 0 aromatic heterocycles. The Morgan fingerprint density at radius 3 is 1.79 bits per heavy atom. The molecular formula is C17H20O2. The molecule has 0 aliphatic heterocycles. The molecule has 0 radical (unpaired) electrons. The number of carboxylic acids is 1. The molecule has 19 heavy (non-hydrogen) atoms. The molecule has 0 spiro atoms. The Labute approximate surface area is 114 Å². The Kier molecular flexibility index (Phi) is 4.87. The average Bonchev–Trinajstić information content (AvgIpc) is 2.26. The van der Waals surface area contributed by atoms with Gasteiger partial charge in [-0.1, -0.05) is 49.1 Å². The molecular weight excluding hydrogens is 236 g/mol. The first-order chi connectivity index (χ1) is 8.82. The predicted octanol–water partition coefficient (Wildman–Crippen LogP) is 4.02. The summed E-state index contributed by atoms with van der Waals surface area (Å²) in [7, 11) is 0. The number of hydrogen-bond acceptors (Lipinski definition) is 1. The van der Waals surface area contributed by atoms with E-state index in [2.05, 4.69) is 19.7 Å². The van der Waals surface area contributed by atoms with Crippen molar-refractivity contribution >= 4 is 11.5 Å². The second-order valence-corrected chi connectivity index (χ2v) is 5.00. The van der Waals surface area contributed by atoms with Crippen molar-refractivity contribution in [1.29, 1.82) is 0 Å². The summed E-state index contributed by atoms with van der Waals surface area (Å²) in [6, 6.07) is 5.80. The fraction of sp³-hybridized carbons (Fsp3) is 0.235. The van der Waals surface area contributed by atoms with Gasteiger partial charge < -0.3 is 5.11 Å². The molecule has 1 N–H and O–H groups in total. The van der Waals surface area contributed by atoms with E-state index in [9.17, 15) is 9.90 Å². The van der Waals surface area contributed by atoms with Crippen molar-refractivity contribution in [2.45, 2.75) is 26.7 Å². The van der Waals surface area contributed by atoms with Gasteiger partial charge >= 0.3 is 5.97 Å². The van der Waals surface area contributed by atoms with Crippen molar-refractivity contribution in [3.8, 4) is 0 Å². The minimum absolute atomic E-state index is 0.133. The van der Waals surface area contributed by atoms with Crippen LogP contribution in [0.3, 0.4) is 0 Å². The zero-order valence-electron chi connectivity index (χ0n) is 11.6. The minimum atomic E-state index is -0.989. The van der Waals surface area contributed by atoms with E-state index in [4.69, 9.17) is 0 Å². The van der Waals surface area contributed by atoms with Gasteiger partial charge in [0.1, 0.15) is 0 Å². The lowest BCUT2D eigenvalue weighted by atomic mass is 9.89. The Balaban J connectivity index is 3.39. The van der Waals surface area contributed by atoms with E-state index in [1.807, 2.05) is 32.0 Å². The lowest BCUT2D eigenvalue weighted by molar-refractivity contribution is -0.130. The highest BCUT2D eigenvalue weighted by atomic mass is 16.4. The minimum Gasteiger partial charge on any atom is -0.478 e. The van der Waals surface area contributed by atoms with Gasteiger partial charge in [-0.25, -0.2) is 4.79 Å². The van der Waals surface area contributed by atoms with Gasteiger partial charge in [0.05, 0.1) is 5.57 Å². The van der Waals surface area contributed by atoms with Crippen molar-refractivity contribution < 1.29 is 9.90 Å². The maximum Gasteiger partial charge on any atom is 0.335 e. The SMILES string of the molecule is C=C(C)Cc1cccc(CC(=C)C)c1C(=C)C(=O)O. The lowest BCUT2D eigenvalue weighted by Crippen LogP contribution is -2.06. The second kappa shape index (κ2) is 6.19. The van der Waals surface area contributed by atoms with Gasteiger partial charge in [-0.05, 0) is 43.4 Å². The van der Waals surface area contributed by atoms with Gasteiger partial charge in [-0.2, -0.15) is 0 Å². The first-order valence-corrected chi connectivity index (χ1v) is 6.15. The van der Waals surface area contributed by atoms with Crippen LogP contribution < -0.4 is 0 Å². The summed E-state index contributed by atoms with van der Waals surface area (Å²) in [6.07, 6.45) is 1.32. The van der Waals surface area contributed by atoms with E-state index in [0.717, 1.165) is 27.8 Å². The summed E-state index contributed by atoms with van der Waals surface area (Å²) in [4.78, 5) is 11.2. The van der Waals surface area contributed by atoms with E-state index < -0.39 is 5.97 Å². The Morgan fingerprint density at radius 1 is 1.05 bits per heavy atom. The smallest absolute Gasteiger partial charge is 0.335 e. The third kappa shape index (κ3) is 3.95. The normalized spacial score (nSPS) is 10.0. The molecule has 1 aromatic carbocycles. The maximum atomic E-state index is 11.2. The molecule has 0 saturated carbocycles. The van der Waals surface area contributed by atoms with E-state index >= 15 is 0 Å². The van der Waals surface area contributed by atoms with Gasteiger partial charge in [-0.3, -0.25) is 0 Å². The first-order valence-electron chi connectivity index (χ1n) is 6.15. The monoisotopic (exact) mass is 256 g/mol. The summed E-state index contributed by atoms with van der Waals surface area (Å²) >= 11 is 0. The average molecular weight is 256 g/mol. The highest BCUT2D eigenvalue weighted by Crippen LogP contribution is 2.26. The molecule has 0 aliphatic rings. The second-order valence-electron chi connectivity index (χ2n) is 5.00. The summed E-state index contributed by atoms with van der Waals surface area (Å²) < 4.78 is 0. The van der Waals surface area contributed by atoms with Crippen molar-refractivity contribution in [2.24, 2.45) is 0 Å². The van der Waals surface area contributed by atoms with Gasteiger partial charge in [0.2, 0.25) is 0 Å². The molecule has 1 rings (SSSR count). The fourth-order valence-electron chi connectivity index (χ4n) is 2.09. The van der Waals surface area contributed by atoms with Crippen molar-refractivity contribution in [3.63, 3.8) is 0 Å². The Bertz CT molecular complexity index is 516. The molecule has 0 amide bonds. The van der Waals surface area contributed by atoms with Gasteiger partial charge in [0, 0.05) is 0 Å². The molecule has 0 atom stereocenters. The van der Waals surface area contributed by atoms with E-state index in [-0.39, 0.29) is 5.57 Å². The lowest BCUT2D eigenvalue weighted by Gasteiger charge is -2.15. The van der Waals surface area contributed by atoms with Crippen LogP contribution in [0.2, 0.25) is 0 Å². The predicted molar refractivity (Wildman–Crippen MR) is 80.1 cm³/mol. The molecule has 2 nitrogen and oxygen atoms in total. The van der Waals surface area contributed by atoms with Gasteiger partial charge in [-0.15, -0.1) is 0 Å². The van der Waals surface area contributed by atoms with Crippen molar-refractivity contribution in [2.75, 3.05) is 0 Å². The van der Waals surface area contributed by atoms with Gasteiger partial charge in [0.15, 0.2) is 0 Å². The van der Waals surface area contributed by atoms with Crippen LogP contribution >= 0.6 is 0 Å². The van der Waals surface area contributed by atoms with Crippen LogP contribution in [0.5, 0.6) is 0 Å². The molecule has 0 saturated heterocycles. The van der Waals surface area contributed by atoms with Crippen LogP contribution in [0.4, 0.5) is 0 Å². The summed E-state index contributed by atoms with van der Waals surface area (Å²) in [5.41, 5.74) is 4.75. The molecule has 100 valence electrons. The maximum absolute atomic E-state index is 11.2. The summed E-state index contributed by atoms with van der Waals surface area (Å²) in [5.74, 6) is -0.989. The van der Waals surface area contributed by atoms with Gasteiger partial charge in [0.25, 0.3) is 0 Å². The Hall–Kier alpha value is -2.09. The largest absolute Gasteiger partial charge is 0.478 e. The number of rotatable bonds is 6. The highest BCUT2D eigenvalue weighted by molar-refractivity contribution is 6.15. The number of carboxylic acid groups (broad SMARTS) is 1. The number of hydrogen-bond donors (Lipinski definition) is 1.